The zero-order valence-corrected chi connectivity index (χ0v) is 36.6. The fourth-order valence-electron chi connectivity index (χ4n) is 9.42. The first-order valence-electron chi connectivity index (χ1n) is 22.7. The van der Waals surface area contributed by atoms with E-state index in [0.717, 1.165) is 106 Å². The van der Waals surface area contributed by atoms with E-state index in [0.29, 0.717) is 5.89 Å². The zero-order valence-electron chi connectivity index (χ0n) is 36.6. The van der Waals surface area contributed by atoms with Crippen LogP contribution in [0.4, 0.5) is 34.1 Å². The molecular formula is C63H43N3O. The van der Waals surface area contributed by atoms with Gasteiger partial charge >= 0.3 is 0 Å². The summed E-state index contributed by atoms with van der Waals surface area (Å²) in [6, 6.07) is 92.3. The van der Waals surface area contributed by atoms with Crippen LogP contribution in [0.2, 0.25) is 0 Å². The van der Waals surface area contributed by atoms with E-state index in [1.54, 1.807) is 0 Å². The van der Waals surface area contributed by atoms with Gasteiger partial charge in [0.15, 0.2) is 5.58 Å². The first-order chi connectivity index (χ1) is 33.2. The summed E-state index contributed by atoms with van der Waals surface area (Å²) in [6.07, 6.45) is 0. The van der Waals surface area contributed by atoms with Crippen molar-refractivity contribution in [3.8, 4) is 44.8 Å². The normalized spacial score (nSPS) is 11.3. The van der Waals surface area contributed by atoms with Crippen molar-refractivity contribution in [2.24, 2.45) is 0 Å². The largest absolute Gasteiger partial charge is 0.435 e. The first-order valence-corrected chi connectivity index (χ1v) is 22.7. The molecule has 11 aromatic carbocycles. The molecule has 0 N–H and O–H groups in total. The van der Waals surface area contributed by atoms with Crippen LogP contribution in [-0.2, 0) is 0 Å². The number of nitrogens with zero attached hydrogens (tertiary/aromatic N) is 3. The van der Waals surface area contributed by atoms with E-state index in [1.165, 1.54) is 0 Å². The van der Waals surface area contributed by atoms with E-state index in [4.69, 9.17) is 9.40 Å². The Bertz CT molecular complexity index is 3400. The number of benzene rings is 11. The van der Waals surface area contributed by atoms with E-state index < -0.39 is 0 Å². The molecule has 0 radical (unpaired) electrons. The van der Waals surface area contributed by atoms with Crippen molar-refractivity contribution in [1.29, 1.82) is 0 Å². The number of para-hydroxylation sites is 4. The predicted molar refractivity (Wildman–Crippen MR) is 280 cm³/mol. The van der Waals surface area contributed by atoms with Crippen LogP contribution in [0.1, 0.15) is 0 Å². The Hall–Kier alpha value is -8.99. The van der Waals surface area contributed by atoms with Crippen LogP contribution in [0.25, 0.3) is 77.5 Å². The van der Waals surface area contributed by atoms with Gasteiger partial charge < -0.3 is 14.2 Å². The minimum Gasteiger partial charge on any atom is -0.435 e. The van der Waals surface area contributed by atoms with Crippen LogP contribution in [0.15, 0.2) is 265 Å². The number of hydrogen-bond acceptors (Lipinski definition) is 4. The number of fused-ring (bicyclic) bond motifs is 6. The fraction of sp³-hybridized carbons (Fsp3) is 0. The van der Waals surface area contributed by atoms with Crippen molar-refractivity contribution in [1.82, 2.24) is 4.98 Å². The van der Waals surface area contributed by atoms with Gasteiger partial charge in [0, 0.05) is 50.5 Å². The molecule has 0 unspecified atom stereocenters. The molecule has 0 amide bonds. The van der Waals surface area contributed by atoms with Crippen LogP contribution < -0.4 is 9.80 Å². The molecule has 0 aliphatic carbocycles. The standard InChI is InChI=1S/C63H43N3O/c1-6-19-44(20-7-1)45-21-16-24-50(39-45)63-64-61-57-37-35-48(46-22-17-33-55(40-46)65(51-25-8-2-9-26-51)52-27-10-3-11-28-52)42-59(57)60-43-49(36-38-58(60)62(61)67-63)47-23-18-34-56(41-47)66(53-29-12-4-13-30-53)54-31-14-5-15-32-54/h1-43H. The summed E-state index contributed by atoms with van der Waals surface area (Å²) in [5.74, 6) is 0.596. The highest BCUT2D eigenvalue weighted by molar-refractivity contribution is 6.24. The second-order valence-electron chi connectivity index (χ2n) is 16.8. The first kappa shape index (κ1) is 39.6. The molecule has 0 aliphatic rings. The summed E-state index contributed by atoms with van der Waals surface area (Å²) in [5, 5.41) is 4.26. The van der Waals surface area contributed by atoms with E-state index >= 15 is 0 Å². The molecule has 0 saturated carbocycles. The average Bonchev–Trinajstić information content (AvgIpc) is 3.87. The van der Waals surface area contributed by atoms with Gasteiger partial charge in [0.25, 0.3) is 0 Å². The average molecular weight is 858 g/mol. The second-order valence-corrected chi connectivity index (χ2v) is 16.8. The summed E-state index contributed by atoms with van der Waals surface area (Å²) in [4.78, 5) is 9.91. The Balaban J connectivity index is 1.03. The van der Waals surface area contributed by atoms with Crippen molar-refractivity contribution in [2.75, 3.05) is 9.80 Å². The lowest BCUT2D eigenvalue weighted by Gasteiger charge is -2.26. The van der Waals surface area contributed by atoms with E-state index in [1.807, 2.05) is 6.07 Å². The minimum absolute atomic E-state index is 0.596. The van der Waals surface area contributed by atoms with Gasteiger partial charge in [0.2, 0.25) is 5.89 Å². The fourth-order valence-corrected chi connectivity index (χ4v) is 9.42. The molecule has 12 rings (SSSR count). The van der Waals surface area contributed by atoms with Crippen molar-refractivity contribution in [2.45, 2.75) is 0 Å². The summed E-state index contributed by atoms with van der Waals surface area (Å²) >= 11 is 0. The van der Waals surface area contributed by atoms with Crippen LogP contribution in [0.5, 0.6) is 0 Å². The lowest BCUT2D eigenvalue weighted by molar-refractivity contribution is 0.623. The smallest absolute Gasteiger partial charge is 0.227 e. The maximum atomic E-state index is 6.88. The predicted octanol–water partition coefficient (Wildman–Crippen LogP) is 17.7. The topological polar surface area (TPSA) is 32.5 Å². The second kappa shape index (κ2) is 17.2. The van der Waals surface area contributed by atoms with E-state index in [9.17, 15) is 0 Å². The molecule has 0 bridgehead atoms. The molecule has 0 atom stereocenters. The summed E-state index contributed by atoms with van der Waals surface area (Å²) < 4.78 is 6.88. The van der Waals surface area contributed by atoms with Crippen molar-refractivity contribution < 1.29 is 4.42 Å². The molecule has 1 aromatic heterocycles. The van der Waals surface area contributed by atoms with Gasteiger partial charge in [-0.25, -0.2) is 4.98 Å². The summed E-state index contributed by atoms with van der Waals surface area (Å²) in [5.41, 5.74) is 15.8. The molecule has 0 fully saturated rings. The highest BCUT2D eigenvalue weighted by Gasteiger charge is 2.20. The number of rotatable bonds is 10. The Morgan fingerprint density at radius 2 is 0.612 bits per heavy atom. The van der Waals surface area contributed by atoms with Gasteiger partial charge in [0.1, 0.15) is 5.52 Å². The third-order valence-electron chi connectivity index (χ3n) is 12.6. The van der Waals surface area contributed by atoms with Crippen LogP contribution in [0, 0.1) is 0 Å². The Morgan fingerprint density at radius 1 is 0.254 bits per heavy atom. The third kappa shape index (κ3) is 7.57. The summed E-state index contributed by atoms with van der Waals surface area (Å²) in [6.45, 7) is 0. The highest BCUT2D eigenvalue weighted by Crippen LogP contribution is 2.43. The van der Waals surface area contributed by atoms with Crippen molar-refractivity contribution in [3.63, 3.8) is 0 Å². The van der Waals surface area contributed by atoms with Crippen LogP contribution in [-0.4, -0.2) is 4.98 Å². The van der Waals surface area contributed by atoms with Crippen LogP contribution in [0.3, 0.4) is 0 Å². The molecule has 0 aliphatic heterocycles. The lowest BCUT2D eigenvalue weighted by Crippen LogP contribution is -2.09. The maximum absolute atomic E-state index is 6.88. The number of aromatic nitrogens is 1. The van der Waals surface area contributed by atoms with Crippen molar-refractivity contribution in [3.05, 3.63) is 261 Å². The molecular weight excluding hydrogens is 815 g/mol. The van der Waals surface area contributed by atoms with Crippen molar-refractivity contribution >= 4 is 66.8 Å². The number of hydrogen-bond donors (Lipinski definition) is 0. The Labute approximate surface area is 389 Å². The monoisotopic (exact) mass is 857 g/mol. The molecule has 4 heteroatoms. The van der Waals surface area contributed by atoms with Gasteiger partial charge in [-0.2, -0.15) is 0 Å². The van der Waals surface area contributed by atoms with Gasteiger partial charge in [0.05, 0.1) is 0 Å². The Morgan fingerprint density at radius 3 is 1.10 bits per heavy atom. The summed E-state index contributed by atoms with van der Waals surface area (Å²) in [7, 11) is 0. The van der Waals surface area contributed by atoms with Gasteiger partial charge in [-0.1, -0.05) is 158 Å². The maximum Gasteiger partial charge on any atom is 0.227 e. The number of anilines is 6. The Kier molecular flexibility index (Phi) is 10.2. The SMILES string of the molecule is c1ccc(-c2cccc(-c3nc4c5ccc(-c6cccc(N(c7ccccc7)c7ccccc7)c6)cc5c5cc(-c6cccc(N(c7ccccc7)c7ccccc7)c6)ccc5c4o3)c2)cc1. The molecule has 0 spiro atoms. The highest BCUT2D eigenvalue weighted by atomic mass is 16.3. The molecule has 67 heavy (non-hydrogen) atoms. The number of oxazole rings is 1. The minimum atomic E-state index is 0.596. The lowest BCUT2D eigenvalue weighted by atomic mass is 9.93. The van der Waals surface area contributed by atoms with Gasteiger partial charge in [-0.05, 0) is 147 Å². The van der Waals surface area contributed by atoms with E-state index in [2.05, 4.69) is 265 Å². The molecule has 1 heterocycles. The van der Waals surface area contributed by atoms with Gasteiger partial charge in [-0.15, -0.1) is 0 Å². The molecule has 0 saturated heterocycles. The quantitative estimate of drug-likeness (QED) is 0.128. The molecule has 316 valence electrons. The zero-order chi connectivity index (χ0) is 44.5. The molecule has 4 nitrogen and oxygen atoms in total. The molecule has 12 aromatic rings. The van der Waals surface area contributed by atoms with Crippen LogP contribution >= 0.6 is 0 Å². The third-order valence-corrected chi connectivity index (χ3v) is 12.6. The van der Waals surface area contributed by atoms with E-state index in [-0.39, 0.29) is 0 Å². The van der Waals surface area contributed by atoms with Gasteiger partial charge in [-0.3, -0.25) is 0 Å².